The van der Waals surface area contributed by atoms with Crippen LogP contribution in [0, 0.1) is 0 Å². The minimum absolute atomic E-state index is 0. The highest BCUT2D eigenvalue weighted by molar-refractivity contribution is 7.80. The van der Waals surface area contributed by atoms with Crippen LogP contribution in [0.4, 0.5) is 0 Å². The SMILES string of the molecule is O=C(C[n+]1ccccc1S)c1ccccc1.[Br-]. The quantitative estimate of drug-likeness (QED) is 0.445. The third-order valence-corrected chi connectivity index (χ3v) is 2.73. The molecule has 0 aliphatic heterocycles. The van der Waals surface area contributed by atoms with E-state index in [0.717, 1.165) is 10.6 Å². The van der Waals surface area contributed by atoms with Gasteiger partial charge >= 0.3 is 0 Å². The number of aromatic nitrogens is 1. The second-order valence-electron chi connectivity index (χ2n) is 3.48. The number of Topliss-reactive ketones (excluding diaryl/α,β-unsaturated/α-hetero) is 1. The summed E-state index contributed by atoms with van der Waals surface area (Å²) in [7, 11) is 0. The predicted octanol–water partition coefficient (Wildman–Crippen LogP) is -0.850. The summed E-state index contributed by atoms with van der Waals surface area (Å²) in [4.78, 5) is 11.9. The van der Waals surface area contributed by atoms with E-state index in [9.17, 15) is 4.79 Å². The minimum atomic E-state index is 0. The van der Waals surface area contributed by atoms with Gasteiger partial charge in [-0.25, -0.2) is 0 Å². The zero-order valence-electron chi connectivity index (χ0n) is 9.08. The molecule has 17 heavy (non-hydrogen) atoms. The Bertz CT molecular complexity index is 502. The van der Waals surface area contributed by atoms with E-state index >= 15 is 0 Å². The maximum absolute atomic E-state index is 11.9. The number of ketones is 1. The molecule has 0 atom stereocenters. The van der Waals surface area contributed by atoms with Gasteiger partial charge in [0, 0.05) is 17.7 Å². The summed E-state index contributed by atoms with van der Waals surface area (Å²) in [5.74, 6) is 0.0899. The van der Waals surface area contributed by atoms with Crippen LogP contribution in [0.25, 0.3) is 0 Å². The average molecular weight is 310 g/mol. The standard InChI is InChI=1S/C13H11NOS.BrH/c15-12(11-6-2-1-3-7-11)10-14-9-5-4-8-13(14)16;/h1-9H,10H2;1H. The minimum Gasteiger partial charge on any atom is -1.00 e. The van der Waals surface area contributed by atoms with Gasteiger partial charge in [0.25, 0.3) is 0 Å². The van der Waals surface area contributed by atoms with Gasteiger partial charge in [-0.05, 0) is 6.07 Å². The summed E-state index contributed by atoms with van der Waals surface area (Å²) in [5.41, 5.74) is 0.728. The number of rotatable bonds is 3. The van der Waals surface area contributed by atoms with E-state index < -0.39 is 0 Å². The topological polar surface area (TPSA) is 20.9 Å². The van der Waals surface area contributed by atoms with E-state index in [1.807, 2.05) is 59.3 Å². The Kier molecular flexibility index (Phi) is 5.38. The largest absolute Gasteiger partial charge is 1.00 e. The molecule has 0 aliphatic carbocycles. The van der Waals surface area contributed by atoms with E-state index in [4.69, 9.17) is 0 Å². The molecule has 88 valence electrons. The fourth-order valence-electron chi connectivity index (χ4n) is 1.47. The molecule has 1 aromatic heterocycles. The van der Waals surface area contributed by atoms with Crippen molar-refractivity contribution in [2.75, 3.05) is 0 Å². The van der Waals surface area contributed by atoms with Crippen molar-refractivity contribution in [3.8, 4) is 0 Å². The monoisotopic (exact) mass is 309 g/mol. The van der Waals surface area contributed by atoms with E-state index in [0.29, 0.717) is 6.54 Å². The van der Waals surface area contributed by atoms with Crippen molar-refractivity contribution >= 4 is 18.4 Å². The van der Waals surface area contributed by atoms with Crippen molar-refractivity contribution in [3.63, 3.8) is 0 Å². The number of thiol groups is 1. The highest BCUT2D eigenvalue weighted by atomic mass is 79.9. The maximum atomic E-state index is 11.9. The Morgan fingerprint density at radius 3 is 2.35 bits per heavy atom. The third-order valence-electron chi connectivity index (χ3n) is 2.33. The fraction of sp³-hybridized carbons (Fsp3) is 0.0769. The van der Waals surface area contributed by atoms with Crippen LogP contribution in [0.1, 0.15) is 10.4 Å². The normalized spacial score (nSPS) is 9.47. The van der Waals surface area contributed by atoms with E-state index in [-0.39, 0.29) is 22.8 Å². The highest BCUT2D eigenvalue weighted by Gasteiger charge is 2.13. The molecule has 1 aromatic carbocycles. The lowest BCUT2D eigenvalue weighted by Gasteiger charge is -1.99. The maximum Gasteiger partial charge on any atom is 0.237 e. The van der Waals surface area contributed by atoms with Gasteiger partial charge in [0.1, 0.15) is 0 Å². The van der Waals surface area contributed by atoms with Crippen LogP contribution >= 0.6 is 12.6 Å². The first kappa shape index (κ1) is 13.9. The molecule has 2 nitrogen and oxygen atoms in total. The smallest absolute Gasteiger partial charge is 0.237 e. The van der Waals surface area contributed by atoms with Gasteiger partial charge < -0.3 is 17.0 Å². The third kappa shape index (κ3) is 3.68. The van der Waals surface area contributed by atoms with Crippen molar-refractivity contribution in [1.82, 2.24) is 0 Å². The Morgan fingerprint density at radius 1 is 1.06 bits per heavy atom. The summed E-state index contributed by atoms with van der Waals surface area (Å²) >= 11 is 4.30. The molecule has 1 heterocycles. The molecule has 4 heteroatoms. The molecule has 0 spiro atoms. The molecule has 0 fully saturated rings. The number of hydrogen-bond acceptors (Lipinski definition) is 2. The predicted molar refractivity (Wildman–Crippen MR) is 64.7 cm³/mol. The molecular weight excluding hydrogens is 298 g/mol. The van der Waals surface area contributed by atoms with Crippen LogP contribution in [-0.2, 0) is 6.54 Å². The molecule has 0 amide bonds. The van der Waals surface area contributed by atoms with Crippen molar-refractivity contribution in [1.29, 1.82) is 0 Å². The molecule has 2 aromatic rings. The van der Waals surface area contributed by atoms with Crippen molar-refractivity contribution in [3.05, 3.63) is 60.3 Å². The van der Waals surface area contributed by atoms with Crippen molar-refractivity contribution in [2.45, 2.75) is 11.6 Å². The molecule has 0 radical (unpaired) electrons. The van der Waals surface area contributed by atoms with Crippen molar-refractivity contribution < 1.29 is 26.3 Å². The Labute approximate surface area is 116 Å². The number of benzene rings is 1. The van der Waals surface area contributed by atoms with Gasteiger partial charge in [-0.15, -0.1) is 0 Å². The summed E-state index contributed by atoms with van der Waals surface area (Å²) in [6, 6.07) is 14.9. The first-order valence-electron chi connectivity index (χ1n) is 5.03. The van der Waals surface area contributed by atoms with Gasteiger partial charge in [0.05, 0.1) is 0 Å². The molecule has 0 unspecified atom stereocenters. The number of nitrogens with zero attached hydrogens (tertiary/aromatic N) is 1. The molecule has 0 bridgehead atoms. The molecule has 0 N–H and O–H groups in total. The van der Waals surface area contributed by atoms with E-state index in [1.165, 1.54) is 0 Å². The van der Waals surface area contributed by atoms with Gasteiger partial charge in [-0.3, -0.25) is 4.79 Å². The number of carbonyl (C=O) groups excluding carboxylic acids is 1. The number of carbonyl (C=O) groups is 1. The lowest BCUT2D eigenvalue weighted by atomic mass is 10.1. The van der Waals surface area contributed by atoms with Gasteiger partial charge in [-0.2, -0.15) is 4.57 Å². The van der Waals surface area contributed by atoms with Gasteiger partial charge in [-0.1, -0.05) is 43.0 Å². The van der Waals surface area contributed by atoms with Crippen LogP contribution in [0.15, 0.2) is 59.8 Å². The highest BCUT2D eigenvalue weighted by Crippen LogP contribution is 2.02. The summed E-state index contributed by atoms with van der Waals surface area (Å²) < 4.78 is 1.82. The molecule has 0 saturated heterocycles. The number of hydrogen-bond donors (Lipinski definition) is 1. The van der Waals surface area contributed by atoms with Crippen molar-refractivity contribution in [2.24, 2.45) is 0 Å². The first-order chi connectivity index (χ1) is 7.77. The molecule has 0 saturated carbocycles. The lowest BCUT2D eigenvalue weighted by Crippen LogP contribution is -3.00. The summed E-state index contributed by atoms with van der Waals surface area (Å²) in [6.07, 6.45) is 1.85. The summed E-state index contributed by atoms with van der Waals surface area (Å²) in [5, 5.41) is 0.784. The van der Waals surface area contributed by atoms with Crippen LogP contribution < -0.4 is 21.5 Å². The van der Waals surface area contributed by atoms with E-state index in [1.54, 1.807) is 0 Å². The molecule has 0 aliphatic rings. The Morgan fingerprint density at radius 2 is 1.71 bits per heavy atom. The van der Waals surface area contributed by atoms with Crippen LogP contribution in [0.5, 0.6) is 0 Å². The number of halogens is 1. The molecule has 2 rings (SSSR count). The Hall–Kier alpha value is -1.13. The van der Waals surface area contributed by atoms with E-state index in [2.05, 4.69) is 12.6 Å². The first-order valence-corrected chi connectivity index (χ1v) is 5.48. The number of pyridine rings is 1. The second kappa shape index (κ2) is 6.57. The Balaban J connectivity index is 0.00000144. The fourth-order valence-corrected chi connectivity index (χ4v) is 1.69. The molecular formula is C13H12BrNOS. The van der Waals surface area contributed by atoms with Crippen LogP contribution in [-0.4, -0.2) is 5.78 Å². The second-order valence-corrected chi connectivity index (χ2v) is 3.93. The average Bonchev–Trinajstić information content (AvgIpc) is 2.33. The van der Waals surface area contributed by atoms with Crippen LogP contribution in [0.3, 0.4) is 0 Å². The van der Waals surface area contributed by atoms with Crippen LogP contribution in [0.2, 0.25) is 0 Å². The zero-order chi connectivity index (χ0) is 11.4. The van der Waals surface area contributed by atoms with Gasteiger partial charge in [0.2, 0.25) is 17.4 Å². The summed E-state index contributed by atoms with van der Waals surface area (Å²) in [6.45, 7) is 0.323. The van der Waals surface area contributed by atoms with Gasteiger partial charge in [0.15, 0.2) is 6.20 Å². The zero-order valence-corrected chi connectivity index (χ0v) is 11.6. The lowest BCUT2D eigenvalue weighted by molar-refractivity contribution is -0.719.